The molecule has 0 aliphatic carbocycles. The fourth-order valence-electron chi connectivity index (χ4n) is 4.33. The van der Waals surface area contributed by atoms with Gasteiger partial charge >= 0.3 is 5.97 Å². The summed E-state index contributed by atoms with van der Waals surface area (Å²) in [6.07, 6.45) is 1.46. The van der Waals surface area contributed by atoms with Gasteiger partial charge in [0.05, 0.1) is 23.9 Å². The number of fused-ring (bicyclic) bond motifs is 1. The van der Waals surface area contributed by atoms with E-state index in [4.69, 9.17) is 32.7 Å². The van der Waals surface area contributed by atoms with E-state index in [0.29, 0.717) is 27.6 Å². The van der Waals surface area contributed by atoms with Gasteiger partial charge in [-0.05, 0) is 54.4 Å². The summed E-state index contributed by atoms with van der Waals surface area (Å²) >= 11 is 12.6. The molecule has 0 radical (unpaired) electrons. The Bertz CT molecular complexity index is 1780. The van der Waals surface area contributed by atoms with Crippen molar-refractivity contribution in [3.63, 3.8) is 0 Å². The Morgan fingerprint density at radius 2 is 1.65 bits per heavy atom. The number of H-pyrrole nitrogens is 1. The molecule has 0 aliphatic heterocycles. The predicted octanol–water partition coefficient (Wildman–Crippen LogP) is 7.44. The van der Waals surface area contributed by atoms with Crippen LogP contribution in [0.4, 0.5) is 0 Å². The number of aryl methyl sites for hydroxylation is 1. The number of nitrogens with zero attached hydrogens (tertiary/aromatic N) is 1. The number of esters is 1. The van der Waals surface area contributed by atoms with E-state index >= 15 is 0 Å². The molecule has 0 atom stereocenters. The molecule has 9 heteroatoms. The molecule has 0 fully saturated rings. The van der Waals surface area contributed by atoms with Gasteiger partial charge in [0.25, 0.3) is 5.91 Å². The van der Waals surface area contributed by atoms with Gasteiger partial charge in [-0.25, -0.2) is 10.2 Å². The number of rotatable bonds is 7. The van der Waals surface area contributed by atoms with Crippen LogP contribution < -0.4 is 14.9 Å². The first kappa shape index (κ1) is 27.0. The normalized spacial score (nSPS) is 11.1. The predicted molar refractivity (Wildman–Crippen MR) is 158 cm³/mol. The van der Waals surface area contributed by atoms with Gasteiger partial charge < -0.3 is 14.5 Å². The molecule has 200 valence electrons. The van der Waals surface area contributed by atoms with E-state index in [9.17, 15) is 9.59 Å². The fraction of sp³-hybridized carbons (Fsp3) is 0.0645. The summed E-state index contributed by atoms with van der Waals surface area (Å²) in [5.74, 6) is -0.520. The fourth-order valence-corrected chi connectivity index (χ4v) is 4.77. The largest absolute Gasteiger partial charge is 0.493 e. The standard InChI is InChI=1S/C31H23Cl2N3O4/c1-18-8-7-11-22-27(20-9-3-5-12-23(20)32)29(35-28(18)22)30(37)36-34-17-19-14-15-25(26(16-19)39-2)40-31(38)21-10-4-6-13-24(21)33/h3-17,35H,1-2H3,(H,36,37). The summed E-state index contributed by atoms with van der Waals surface area (Å²) in [5.41, 5.74) is 7.05. The smallest absolute Gasteiger partial charge is 0.345 e. The molecule has 5 rings (SSSR count). The number of hydrogen-bond donors (Lipinski definition) is 2. The van der Waals surface area contributed by atoms with Crippen molar-refractivity contribution in [3.05, 3.63) is 117 Å². The van der Waals surface area contributed by atoms with Crippen LogP contribution in [0.25, 0.3) is 22.0 Å². The molecule has 0 spiro atoms. The van der Waals surface area contributed by atoms with Gasteiger partial charge in [0.1, 0.15) is 5.69 Å². The first-order valence-electron chi connectivity index (χ1n) is 12.2. The highest BCUT2D eigenvalue weighted by Gasteiger charge is 2.21. The third kappa shape index (κ3) is 5.43. The molecule has 0 unspecified atom stereocenters. The third-order valence-electron chi connectivity index (χ3n) is 6.28. The molecule has 7 nitrogen and oxygen atoms in total. The molecule has 0 bridgehead atoms. The van der Waals surface area contributed by atoms with Crippen molar-refractivity contribution in [1.29, 1.82) is 0 Å². The highest BCUT2D eigenvalue weighted by molar-refractivity contribution is 6.34. The van der Waals surface area contributed by atoms with Crippen LogP contribution in [0.5, 0.6) is 11.5 Å². The van der Waals surface area contributed by atoms with Crippen molar-refractivity contribution >= 4 is 52.2 Å². The van der Waals surface area contributed by atoms with Crippen LogP contribution in [0.2, 0.25) is 10.0 Å². The summed E-state index contributed by atoms with van der Waals surface area (Å²) in [5, 5.41) is 5.84. The number of halogens is 2. The van der Waals surface area contributed by atoms with E-state index in [1.165, 1.54) is 13.3 Å². The van der Waals surface area contributed by atoms with Crippen LogP contribution in [-0.2, 0) is 0 Å². The first-order valence-corrected chi connectivity index (χ1v) is 13.0. The van der Waals surface area contributed by atoms with Gasteiger partial charge in [0, 0.05) is 27.1 Å². The number of ether oxygens (including phenoxy) is 2. The van der Waals surface area contributed by atoms with Crippen LogP contribution >= 0.6 is 23.2 Å². The lowest BCUT2D eigenvalue weighted by atomic mass is 10.0. The second-order valence-corrected chi connectivity index (χ2v) is 9.65. The van der Waals surface area contributed by atoms with Crippen molar-refractivity contribution in [2.24, 2.45) is 5.10 Å². The minimum atomic E-state index is -0.611. The summed E-state index contributed by atoms with van der Waals surface area (Å²) in [4.78, 5) is 29.1. The zero-order valence-electron chi connectivity index (χ0n) is 21.5. The number of nitrogens with one attached hydrogen (secondary N) is 2. The number of para-hydroxylation sites is 1. The number of carbonyl (C=O) groups excluding carboxylic acids is 2. The van der Waals surface area contributed by atoms with Gasteiger partial charge in [-0.1, -0.05) is 71.7 Å². The number of methoxy groups -OCH3 is 1. The number of carbonyl (C=O) groups is 2. The average molecular weight is 572 g/mol. The Balaban J connectivity index is 1.38. The van der Waals surface area contributed by atoms with Crippen LogP contribution in [-0.4, -0.2) is 30.2 Å². The maximum atomic E-state index is 13.3. The third-order valence-corrected chi connectivity index (χ3v) is 6.94. The number of aromatic nitrogens is 1. The topological polar surface area (TPSA) is 92.8 Å². The zero-order chi connectivity index (χ0) is 28.2. The second-order valence-electron chi connectivity index (χ2n) is 8.83. The number of hydrazone groups is 1. The molecule has 2 N–H and O–H groups in total. The van der Waals surface area contributed by atoms with Crippen molar-refractivity contribution in [1.82, 2.24) is 10.4 Å². The van der Waals surface area contributed by atoms with Crippen molar-refractivity contribution < 1.29 is 19.1 Å². The summed E-state index contributed by atoms with van der Waals surface area (Å²) in [7, 11) is 1.46. The quantitative estimate of drug-likeness (QED) is 0.0918. The summed E-state index contributed by atoms with van der Waals surface area (Å²) < 4.78 is 10.9. The number of hydrogen-bond acceptors (Lipinski definition) is 5. The van der Waals surface area contributed by atoms with Gasteiger partial charge in [-0.2, -0.15) is 5.10 Å². The number of aromatic amines is 1. The lowest BCUT2D eigenvalue weighted by Gasteiger charge is -2.10. The van der Waals surface area contributed by atoms with Gasteiger partial charge in [-0.15, -0.1) is 0 Å². The number of amides is 1. The highest BCUT2D eigenvalue weighted by atomic mass is 35.5. The molecule has 5 aromatic rings. The lowest BCUT2D eigenvalue weighted by molar-refractivity contribution is 0.0729. The first-order chi connectivity index (χ1) is 19.4. The van der Waals surface area contributed by atoms with Crippen LogP contribution in [0, 0.1) is 6.92 Å². The molecule has 1 heterocycles. The summed E-state index contributed by atoms with van der Waals surface area (Å²) in [6, 6.07) is 24.7. The van der Waals surface area contributed by atoms with Gasteiger partial charge in [0.2, 0.25) is 0 Å². The Morgan fingerprint density at radius 1 is 0.900 bits per heavy atom. The minimum Gasteiger partial charge on any atom is -0.493 e. The van der Waals surface area contributed by atoms with E-state index in [0.717, 1.165) is 22.0 Å². The molecule has 1 aromatic heterocycles. The molecule has 0 saturated carbocycles. The minimum absolute atomic E-state index is 0.214. The van der Waals surface area contributed by atoms with Crippen LogP contribution in [0.15, 0.2) is 90.0 Å². The monoisotopic (exact) mass is 571 g/mol. The van der Waals surface area contributed by atoms with Gasteiger partial charge in [-0.3, -0.25) is 4.79 Å². The molecule has 1 amide bonds. The Hall–Kier alpha value is -4.59. The van der Waals surface area contributed by atoms with Gasteiger partial charge in [0.15, 0.2) is 11.5 Å². The molecule has 0 saturated heterocycles. The molecular weight excluding hydrogens is 549 g/mol. The molecule has 0 aliphatic rings. The van der Waals surface area contributed by atoms with E-state index in [-0.39, 0.29) is 16.3 Å². The van der Waals surface area contributed by atoms with Crippen molar-refractivity contribution in [3.8, 4) is 22.6 Å². The highest BCUT2D eigenvalue weighted by Crippen LogP contribution is 2.37. The lowest BCUT2D eigenvalue weighted by Crippen LogP contribution is -2.19. The Morgan fingerprint density at radius 3 is 2.40 bits per heavy atom. The van der Waals surface area contributed by atoms with Crippen molar-refractivity contribution in [2.75, 3.05) is 7.11 Å². The zero-order valence-corrected chi connectivity index (χ0v) is 23.0. The second kappa shape index (κ2) is 11.7. The Kier molecular flexibility index (Phi) is 7.86. The SMILES string of the molecule is COc1cc(C=NNC(=O)c2[nH]c3c(C)cccc3c2-c2ccccc2Cl)ccc1OC(=O)c1ccccc1Cl. The number of benzene rings is 4. The van der Waals surface area contributed by atoms with Crippen LogP contribution in [0.3, 0.4) is 0 Å². The Labute approximate surface area is 240 Å². The maximum Gasteiger partial charge on any atom is 0.345 e. The molecule has 4 aromatic carbocycles. The summed E-state index contributed by atoms with van der Waals surface area (Å²) in [6.45, 7) is 1.97. The maximum absolute atomic E-state index is 13.3. The van der Waals surface area contributed by atoms with E-state index < -0.39 is 11.9 Å². The van der Waals surface area contributed by atoms with E-state index in [2.05, 4.69) is 15.5 Å². The van der Waals surface area contributed by atoms with Crippen LogP contribution in [0.1, 0.15) is 32.0 Å². The van der Waals surface area contributed by atoms with E-state index in [1.54, 1.807) is 48.5 Å². The average Bonchev–Trinajstić information content (AvgIpc) is 3.35. The molecule has 40 heavy (non-hydrogen) atoms. The molecular formula is C31H23Cl2N3O4. The van der Waals surface area contributed by atoms with E-state index in [1.807, 2.05) is 43.3 Å². The van der Waals surface area contributed by atoms with Crippen molar-refractivity contribution in [2.45, 2.75) is 6.92 Å².